The fourth-order valence-corrected chi connectivity index (χ4v) is 1.41. The van der Waals surface area contributed by atoms with Crippen LogP contribution in [0, 0.1) is 0 Å². The number of rotatable bonds is 4. The first-order valence-electron chi connectivity index (χ1n) is 4.00. The minimum absolute atomic E-state index is 0.0409. The summed E-state index contributed by atoms with van der Waals surface area (Å²) < 4.78 is 5.95. The summed E-state index contributed by atoms with van der Waals surface area (Å²) in [5, 5.41) is 8.41. The van der Waals surface area contributed by atoms with E-state index in [9.17, 15) is 4.79 Å². The molecule has 0 fully saturated rings. The van der Waals surface area contributed by atoms with Crippen LogP contribution in [0.1, 0.15) is 6.42 Å². The summed E-state index contributed by atoms with van der Waals surface area (Å²) in [5.74, 6) is -0.399. The van der Waals surface area contributed by atoms with Crippen LogP contribution in [0.3, 0.4) is 0 Å². The van der Waals surface area contributed by atoms with Crippen LogP contribution in [-0.4, -0.2) is 17.7 Å². The average molecular weight is 260 g/mol. The Morgan fingerprint density at radius 2 is 2.29 bits per heavy atom. The number of ether oxygens (including phenoxy) is 1. The fraction of sp³-hybridized carbons (Fsp3) is 0.222. The minimum Gasteiger partial charge on any atom is -0.490 e. The number of hydrogen-bond donors (Lipinski definition) is 2. The predicted octanol–water partition coefficient (Wildman–Crippen LogP) is 1.88. The number of carboxylic acids is 1. The molecular formula is C9H10BrNO3. The molecule has 14 heavy (non-hydrogen) atoms. The molecule has 0 saturated carbocycles. The highest BCUT2D eigenvalue weighted by atomic mass is 79.9. The van der Waals surface area contributed by atoms with Crippen molar-refractivity contribution in [1.29, 1.82) is 0 Å². The van der Waals surface area contributed by atoms with Crippen molar-refractivity contribution in [3.05, 3.63) is 22.7 Å². The number of halogens is 1. The largest absolute Gasteiger partial charge is 0.490 e. The van der Waals surface area contributed by atoms with Gasteiger partial charge < -0.3 is 15.6 Å². The summed E-state index contributed by atoms with van der Waals surface area (Å²) in [6.07, 6.45) is -0.0409. The van der Waals surface area contributed by atoms with Crippen LogP contribution in [0.5, 0.6) is 5.75 Å². The van der Waals surface area contributed by atoms with Crippen molar-refractivity contribution < 1.29 is 14.6 Å². The van der Waals surface area contributed by atoms with Gasteiger partial charge in [-0.15, -0.1) is 0 Å². The molecule has 5 heteroatoms. The van der Waals surface area contributed by atoms with E-state index >= 15 is 0 Å². The number of hydrogen-bond acceptors (Lipinski definition) is 3. The van der Waals surface area contributed by atoms with Gasteiger partial charge in [-0.2, -0.15) is 0 Å². The quantitative estimate of drug-likeness (QED) is 0.811. The van der Waals surface area contributed by atoms with E-state index in [0.29, 0.717) is 11.4 Å². The molecular weight excluding hydrogens is 250 g/mol. The van der Waals surface area contributed by atoms with Gasteiger partial charge in [0, 0.05) is 0 Å². The van der Waals surface area contributed by atoms with Crippen molar-refractivity contribution in [2.75, 3.05) is 12.3 Å². The first-order valence-corrected chi connectivity index (χ1v) is 4.79. The van der Waals surface area contributed by atoms with Crippen LogP contribution in [-0.2, 0) is 4.79 Å². The normalized spacial score (nSPS) is 9.79. The monoisotopic (exact) mass is 259 g/mol. The third-order valence-corrected chi connectivity index (χ3v) is 2.18. The van der Waals surface area contributed by atoms with Crippen LogP contribution in [0.2, 0.25) is 0 Å². The van der Waals surface area contributed by atoms with E-state index in [4.69, 9.17) is 15.6 Å². The van der Waals surface area contributed by atoms with E-state index in [2.05, 4.69) is 15.9 Å². The van der Waals surface area contributed by atoms with Crippen molar-refractivity contribution in [2.24, 2.45) is 0 Å². The zero-order valence-corrected chi connectivity index (χ0v) is 8.95. The molecule has 0 atom stereocenters. The second-order valence-corrected chi connectivity index (χ2v) is 3.50. The van der Waals surface area contributed by atoms with E-state index in [1.165, 1.54) is 0 Å². The van der Waals surface area contributed by atoms with Crippen LogP contribution in [0.15, 0.2) is 22.7 Å². The fourth-order valence-electron chi connectivity index (χ4n) is 0.918. The molecule has 0 aliphatic rings. The molecule has 0 aliphatic carbocycles. The molecule has 0 aromatic heterocycles. The molecule has 76 valence electrons. The Labute approximate surface area is 89.8 Å². The highest BCUT2D eigenvalue weighted by Crippen LogP contribution is 2.30. The van der Waals surface area contributed by atoms with E-state index < -0.39 is 5.97 Å². The Bertz CT molecular complexity index is 321. The van der Waals surface area contributed by atoms with Crippen LogP contribution < -0.4 is 10.5 Å². The second kappa shape index (κ2) is 4.85. The van der Waals surface area contributed by atoms with E-state index in [-0.39, 0.29) is 13.0 Å². The Morgan fingerprint density at radius 1 is 1.57 bits per heavy atom. The van der Waals surface area contributed by atoms with Gasteiger partial charge in [0.05, 0.1) is 23.2 Å². The molecule has 0 saturated heterocycles. The van der Waals surface area contributed by atoms with Gasteiger partial charge in [-0.25, -0.2) is 0 Å². The molecule has 4 nitrogen and oxygen atoms in total. The van der Waals surface area contributed by atoms with Gasteiger partial charge in [0.15, 0.2) is 5.75 Å². The lowest BCUT2D eigenvalue weighted by Gasteiger charge is -2.09. The Balaban J connectivity index is 2.62. The molecule has 1 aromatic carbocycles. The molecule has 1 rings (SSSR count). The van der Waals surface area contributed by atoms with Crippen LogP contribution in [0.25, 0.3) is 0 Å². The Morgan fingerprint density at radius 3 is 2.86 bits per heavy atom. The lowest BCUT2D eigenvalue weighted by molar-refractivity contribution is -0.137. The molecule has 0 spiro atoms. The number of aliphatic carboxylic acids is 1. The van der Waals surface area contributed by atoms with Crippen molar-refractivity contribution >= 4 is 27.6 Å². The zero-order valence-electron chi connectivity index (χ0n) is 7.37. The number of carbonyl (C=O) groups is 1. The molecule has 0 aliphatic heterocycles. The van der Waals surface area contributed by atoms with Crippen molar-refractivity contribution in [3.8, 4) is 5.75 Å². The summed E-state index contributed by atoms with van der Waals surface area (Å²) in [6.45, 7) is 0.113. The van der Waals surface area contributed by atoms with Gasteiger partial charge in [-0.3, -0.25) is 4.79 Å². The van der Waals surface area contributed by atoms with Gasteiger partial charge in [-0.1, -0.05) is 6.07 Å². The van der Waals surface area contributed by atoms with E-state index in [0.717, 1.165) is 4.47 Å². The summed E-state index contributed by atoms with van der Waals surface area (Å²) in [4.78, 5) is 10.2. The smallest absolute Gasteiger partial charge is 0.306 e. The molecule has 0 unspecified atom stereocenters. The van der Waals surface area contributed by atoms with Crippen molar-refractivity contribution in [2.45, 2.75) is 6.42 Å². The van der Waals surface area contributed by atoms with Crippen LogP contribution in [0.4, 0.5) is 5.69 Å². The number of para-hydroxylation sites is 1. The number of nitrogens with two attached hydrogens (primary N) is 1. The SMILES string of the molecule is Nc1cccc(Br)c1OCCC(=O)O. The first kappa shape index (κ1) is 10.8. The average Bonchev–Trinajstić information content (AvgIpc) is 2.09. The highest BCUT2D eigenvalue weighted by Gasteiger charge is 2.05. The third-order valence-electron chi connectivity index (χ3n) is 1.56. The van der Waals surface area contributed by atoms with E-state index in [1.54, 1.807) is 18.2 Å². The number of benzene rings is 1. The molecule has 0 radical (unpaired) electrons. The van der Waals surface area contributed by atoms with Gasteiger partial charge in [-0.05, 0) is 28.1 Å². The molecule has 1 aromatic rings. The number of carboxylic acid groups (broad SMARTS) is 1. The molecule has 3 N–H and O–H groups in total. The third kappa shape index (κ3) is 2.92. The summed E-state index contributed by atoms with van der Waals surface area (Å²) in [7, 11) is 0. The maximum absolute atomic E-state index is 10.2. The van der Waals surface area contributed by atoms with Gasteiger partial charge >= 0.3 is 5.97 Å². The zero-order chi connectivity index (χ0) is 10.6. The predicted molar refractivity (Wildman–Crippen MR) is 56.3 cm³/mol. The molecule has 0 heterocycles. The molecule has 0 bridgehead atoms. The van der Waals surface area contributed by atoms with Crippen molar-refractivity contribution in [1.82, 2.24) is 0 Å². The topological polar surface area (TPSA) is 72.5 Å². The molecule has 0 amide bonds. The Hall–Kier alpha value is -1.23. The number of nitrogen functional groups attached to an aromatic ring is 1. The lowest BCUT2D eigenvalue weighted by atomic mass is 10.3. The van der Waals surface area contributed by atoms with Crippen LogP contribution >= 0.6 is 15.9 Å². The summed E-state index contributed by atoms with van der Waals surface area (Å²) in [6, 6.07) is 5.26. The Kier molecular flexibility index (Phi) is 3.76. The first-order chi connectivity index (χ1) is 6.61. The van der Waals surface area contributed by atoms with Crippen molar-refractivity contribution in [3.63, 3.8) is 0 Å². The van der Waals surface area contributed by atoms with Gasteiger partial charge in [0.2, 0.25) is 0 Å². The highest BCUT2D eigenvalue weighted by molar-refractivity contribution is 9.10. The van der Waals surface area contributed by atoms with E-state index in [1.807, 2.05) is 0 Å². The minimum atomic E-state index is -0.893. The number of anilines is 1. The van der Waals surface area contributed by atoms with Gasteiger partial charge in [0.25, 0.3) is 0 Å². The van der Waals surface area contributed by atoms with Gasteiger partial charge in [0.1, 0.15) is 0 Å². The maximum Gasteiger partial charge on any atom is 0.306 e. The summed E-state index contributed by atoms with van der Waals surface area (Å²) in [5.41, 5.74) is 6.13. The standard InChI is InChI=1S/C9H10BrNO3/c10-6-2-1-3-7(11)9(6)14-5-4-8(12)13/h1-3H,4-5,11H2,(H,12,13). The maximum atomic E-state index is 10.2. The summed E-state index contributed by atoms with van der Waals surface area (Å²) >= 11 is 3.26. The second-order valence-electron chi connectivity index (χ2n) is 2.65. The lowest BCUT2D eigenvalue weighted by Crippen LogP contribution is -2.06.